The van der Waals surface area contributed by atoms with Gasteiger partial charge in [-0.2, -0.15) is 5.10 Å². The van der Waals surface area contributed by atoms with Crippen LogP contribution in [0.3, 0.4) is 0 Å². The van der Waals surface area contributed by atoms with Crippen LogP contribution in [-0.4, -0.2) is 70.9 Å². The Morgan fingerprint density at radius 3 is 2.74 bits per heavy atom. The lowest BCUT2D eigenvalue weighted by molar-refractivity contribution is -0.141. The maximum atomic E-state index is 12.6. The van der Waals surface area contributed by atoms with Gasteiger partial charge in [0.05, 0.1) is 37.3 Å². The summed E-state index contributed by atoms with van der Waals surface area (Å²) in [4.78, 5) is 27.9. The van der Waals surface area contributed by atoms with Gasteiger partial charge in [0, 0.05) is 32.2 Å². The lowest BCUT2D eigenvalue weighted by Crippen LogP contribution is -2.55. The number of rotatable bonds is 5. The predicted molar refractivity (Wildman–Crippen MR) is 102 cm³/mol. The zero-order valence-electron chi connectivity index (χ0n) is 15.7. The average molecular weight is 371 g/mol. The quantitative estimate of drug-likeness (QED) is 0.813. The van der Waals surface area contributed by atoms with Gasteiger partial charge in [0.25, 0.3) is 0 Å². The number of hydrogen-bond acceptors (Lipinski definition) is 5. The highest BCUT2D eigenvalue weighted by atomic mass is 16.5. The molecule has 1 aliphatic heterocycles. The maximum absolute atomic E-state index is 12.6. The first-order valence-electron chi connectivity index (χ1n) is 9.03. The number of amides is 2. The van der Waals surface area contributed by atoms with Gasteiger partial charge in [-0.25, -0.2) is 9.48 Å². The number of urea groups is 1. The molecule has 3 rings (SSSR count). The minimum absolute atomic E-state index is 0.0561. The molecule has 2 heterocycles. The Kier molecular flexibility index (Phi) is 6.08. The molecule has 0 aliphatic carbocycles. The van der Waals surface area contributed by atoms with Crippen LogP contribution in [0.4, 0.5) is 10.5 Å². The van der Waals surface area contributed by atoms with Gasteiger partial charge in [0.1, 0.15) is 0 Å². The SMILES string of the molecule is COC(=O)CCN1CCN(C(=O)Nc2cnn(-c3ccccc3)c2)[C@H](C)C1. The molecule has 1 aliphatic rings. The molecule has 0 spiro atoms. The molecule has 0 radical (unpaired) electrons. The number of hydrogen-bond donors (Lipinski definition) is 1. The molecule has 2 aromatic rings. The topological polar surface area (TPSA) is 79.7 Å². The van der Waals surface area contributed by atoms with Gasteiger partial charge >= 0.3 is 12.0 Å². The van der Waals surface area contributed by atoms with Crippen LogP contribution in [0.2, 0.25) is 0 Å². The molecular weight excluding hydrogens is 346 g/mol. The van der Waals surface area contributed by atoms with E-state index in [2.05, 4.69) is 20.1 Å². The first-order chi connectivity index (χ1) is 13.1. The number of nitrogens with one attached hydrogen (secondary N) is 1. The Hall–Kier alpha value is -2.87. The van der Waals surface area contributed by atoms with E-state index in [4.69, 9.17) is 0 Å². The van der Waals surface area contributed by atoms with Gasteiger partial charge in [-0.1, -0.05) is 18.2 Å². The molecule has 0 unspecified atom stereocenters. The molecule has 2 amide bonds. The maximum Gasteiger partial charge on any atom is 0.322 e. The van der Waals surface area contributed by atoms with E-state index < -0.39 is 0 Å². The van der Waals surface area contributed by atoms with Crippen LogP contribution in [0.5, 0.6) is 0 Å². The van der Waals surface area contributed by atoms with E-state index in [1.807, 2.05) is 42.2 Å². The summed E-state index contributed by atoms with van der Waals surface area (Å²) >= 11 is 0. The molecule has 1 atom stereocenters. The van der Waals surface area contributed by atoms with E-state index in [1.54, 1.807) is 17.1 Å². The summed E-state index contributed by atoms with van der Waals surface area (Å²) in [5.74, 6) is -0.210. The normalized spacial score (nSPS) is 17.6. The number of carbonyl (C=O) groups is 2. The molecular formula is C19H25N5O3. The fourth-order valence-corrected chi connectivity index (χ4v) is 3.19. The number of benzene rings is 1. The fourth-order valence-electron chi connectivity index (χ4n) is 3.19. The molecule has 1 N–H and O–H groups in total. The summed E-state index contributed by atoms with van der Waals surface area (Å²) in [5.41, 5.74) is 1.59. The van der Waals surface area contributed by atoms with Crippen molar-refractivity contribution in [3.63, 3.8) is 0 Å². The second kappa shape index (κ2) is 8.68. The van der Waals surface area contributed by atoms with Gasteiger partial charge in [-0.05, 0) is 19.1 Å². The van der Waals surface area contributed by atoms with Crippen LogP contribution in [0.1, 0.15) is 13.3 Å². The van der Waals surface area contributed by atoms with Crippen molar-refractivity contribution in [1.29, 1.82) is 0 Å². The average Bonchev–Trinajstić information content (AvgIpc) is 3.15. The monoisotopic (exact) mass is 371 g/mol. The summed E-state index contributed by atoms with van der Waals surface area (Å²) in [6.07, 6.45) is 3.81. The van der Waals surface area contributed by atoms with E-state index in [9.17, 15) is 9.59 Å². The van der Waals surface area contributed by atoms with Gasteiger partial charge in [0.15, 0.2) is 0 Å². The number of methoxy groups -OCH3 is 1. The van der Waals surface area contributed by atoms with E-state index in [-0.39, 0.29) is 18.0 Å². The van der Waals surface area contributed by atoms with Gasteiger partial charge in [-0.15, -0.1) is 0 Å². The van der Waals surface area contributed by atoms with Crippen molar-refractivity contribution in [1.82, 2.24) is 19.6 Å². The minimum Gasteiger partial charge on any atom is -0.469 e. The van der Waals surface area contributed by atoms with Crippen molar-refractivity contribution in [3.05, 3.63) is 42.7 Å². The van der Waals surface area contributed by atoms with E-state index >= 15 is 0 Å². The number of carbonyl (C=O) groups excluding carboxylic acids is 2. The number of ether oxygens (including phenoxy) is 1. The molecule has 0 bridgehead atoms. The Labute approximate surface area is 158 Å². The predicted octanol–water partition coefficient (Wildman–Crippen LogP) is 1.97. The number of nitrogens with zero attached hydrogens (tertiary/aromatic N) is 4. The van der Waals surface area contributed by atoms with Crippen LogP contribution in [0.15, 0.2) is 42.7 Å². The van der Waals surface area contributed by atoms with Crippen LogP contribution in [-0.2, 0) is 9.53 Å². The van der Waals surface area contributed by atoms with Crippen LogP contribution >= 0.6 is 0 Å². The molecule has 1 aromatic carbocycles. The van der Waals surface area contributed by atoms with Crippen molar-refractivity contribution in [2.75, 3.05) is 38.6 Å². The molecule has 8 nitrogen and oxygen atoms in total. The summed E-state index contributed by atoms with van der Waals surface area (Å²) in [6.45, 7) is 4.74. The van der Waals surface area contributed by atoms with E-state index in [0.717, 1.165) is 18.8 Å². The Bertz CT molecular complexity index is 777. The third-order valence-corrected chi connectivity index (χ3v) is 4.69. The van der Waals surface area contributed by atoms with Crippen molar-refractivity contribution < 1.29 is 14.3 Å². The molecule has 1 fully saturated rings. The number of piperazine rings is 1. The second-order valence-electron chi connectivity index (χ2n) is 6.61. The first-order valence-corrected chi connectivity index (χ1v) is 9.03. The number of anilines is 1. The smallest absolute Gasteiger partial charge is 0.322 e. The number of esters is 1. The number of para-hydroxylation sites is 1. The van der Waals surface area contributed by atoms with Gasteiger partial charge in [0.2, 0.25) is 0 Å². The second-order valence-corrected chi connectivity index (χ2v) is 6.61. The zero-order chi connectivity index (χ0) is 19.2. The highest BCUT2D eigenvalue weighted by Crippen LogP contribution is 2.15. The minimum atomic E-state index is -0.210. The van der Waals surface area contributed by atoms with Gasteiger partial charge < -0.3 is 15.0 Å². The molecule has 144 valence electrons. The summed E-state index contributed by atoms with van der Waals surface area (Å²) in [6, 6.07) is 9.65. The largest absolute Gasteiger partial charge is 0.469 e. The Balaban J connectivity index is 1.53. The van der Waals surface area contributed by atoms with Gasteiger partial charge in [-0.3, -0.25) is 9.69 Å². The van der Waals surface area contributed by atoms with Crippen LogP contribution in [0.25, 0.3) is 5.69 Å². The number of aromatic nitrogens is 2. The zero-order valence-corrected chi connectivity index (χ0v) is 15.7. The summed E-state index contributed by atoms with van der Waals surface area (Å²) < 4.78 is 6.41. The van der Waals surface area contributed by atoms with E-state index in [1.165, 1.54) is 7.11 Å². The highest BCUT2D eigenvalue weighted by molar-refractivity contribution is 5.89. The van der Waals surface area contributed by atoms with Crippen molar-refractivity contribution in [3.8, 4) is 5.69 Å². The molecule has 27 heavy (non-hydrogen) atoms. The molecule has 0 saturated carbocycles. The molecule has 1 saturated heterocycles. The molecule has 8 heteroatoms. The first kappa shape index (κ1) is 18.9. The third-order valence-electron chi connectivity index (χ3n) is 4.69. The van der Waals surface area contributed by atoms with Crippen LogP contribution < -0.4 is 5.32 Å². The third kappa shape index (κ3) is 4.85. The van der Waals surface area contributed by atoms with E-state index in [0.29, 0.717) is 25.2 Å². The van der Waals surface area contributed by atoms with Crippen molar-refractivity contribution in [2.45, 2.75) is 19.4 Å². The summed E-state index contributed by atoms with van der Waals surface area (Å²) in [5, 5.41) is 7.21. The van der Waals surface area contributed by atoms with Crippen LogP contribution in [0, 0.1) is 0 Å². The lowest BCUT2D eigenvalue weighted by atomic mass is 10.2. The Morgan fingerprint density at radius 1 is 1.26 bits per heavy atom. The Morgan fingerprint density at radius 2 is 2.04 bits per heavy atom. The van der Waals surface area contributed by atoms with Crippen molar-refractivity contribution in [2.24, 2.45) is 0 Å². The summed E-state index contributed by atoms with van der Waals surface area (Å²) in [7, 11) is 1.40. The highest BCUT2D eigenvalue weighted by Gasteiger charge is 2.27. The molecule has 1 aromatic heterocycles. The lowest BCUT2D eigenvalue weighted by Gasteiger charge is -2.39. The fraction of sp³-hybridized carbons (Fsp3) is 0.421. The van der Waals surface area contributed by atoms with Crippen molar-refractivity contribution >= 4 is 17.7 Å². The standard InChI is InChI=1S/C19H25N5O3/c1-15-13-22(9-8-18(25)27-2)10-11-23(15)19(26)21-16-12-20-24(14-16)17-6-4-3-5-7-17/h3-7,12,14-15H,8-11,13H2,1-2H3,(H,21,26)/t15-/m1/s1.